The van der Waals surface area contributed by atoms with Gasteiger partial charge in [-0.15, -0.1) is 0 Å². The number of halogens is 38. The van der Waals surface area contributed by atoms with Gasteiger partial charge in [-0.25, -0.2) is 0 Å². The molecule has 0 spiro atoms. The summed E-state index contributed by atoms with van der Waals surface area (Å²) in [5.41, 5.74) is 0. The first-order chi connectivity index (χ1) is 26.1. The van der Waals surface area contributed by atoms with Crippen molar-refractivity contribution in [1.29, 1.82) is 0 Å². The third-order valence-electron chi connectivity index (χ3n) is 7.21. The molecular weight excluding hydrogens is 1020 g/mol. The summed E-state index contributed by atoms with van der Waals surface area (Å²) in [7, 11) is 0. The van der Waals surface area contributed by atoms with Crippen LogP contribution >= 0.6 is 0 Å². The molecule has 0 saturated heterocycles. The van der Waals surface area contributed by atoms with Crippen molar-refractivity contribution in [2.75, 3.05) is 13.2 Å². The van der Waals surface area contributed by atoms with Gasteiger partial charge in [-0.05, 0) is 0 Å². The van der Waals surface area contributed by atoms with Gasteiger partial charge in [-0.2, -0.15) is 167 Å². The first kappa shape index (κ1) is 61.3. The van der Waals surface area contributed by atoms with Gasteiger partial charge in [0.2, 0.25) is 0 Å². The monoisotopic (exact) mass is 1030 g/mol. The van der Waals surface area contributed by atoms with E-state index in [0.29, 0.717) is 0 Å². The van der Waals surface area contributed by atoms with Gasteiger partial charge in [0.1, 0.15) is 0 Å². The van der Waals surface area contributed by atoms with Crippen LogP contribution in [0, 0.1) is 0 Å². The van der Waals surface area contributed by atoms with Gasteiger partial charge in [0, 0.05) is 26.1 Å². The lowest BCUT2D eigenvalue weighted by Crippen LogP contribution is -2.76. The molecule has 0 bridgehead atoms. The molecule has 0 amide bonds. The molecule has 0 heterocycles. The van der Waals surface area contributed by atoms with E-state index in [4.69, 9.17) is 10.2 Å². The van der Waals surface area contributed by atoms with E-state index in [1.807, 2.05) is 0 Å². The van der Waals surface area contributed by atoms with Crippen LogP contribution in [0.1, 0.15) is 12.8 Å². The summed E-state index contributed by atoms with van der Waals surface area (Å²) in [6.45, 7) is -4.48. The van der Waals surface area contributed by atoms with Crippen LogP contribution in [-0.2, 0) is 0 Å². The van der Waals surface area contributed by atoms with Crippen molar-refractivity contribution in [3.63, 3.8) is 0 Å². The number of alkyl halides is 38. The first-order valence-corrected chi connectivity index (χ1v) is 13.5. The summed E-state index contributed by atoms with van der Waals surface area (Å²) in [5, 5.41) is 16.0. The summed E-state index contributed by atoms with van der Waals surface area (Å²) in [6, 6.07) is 0. The highest BCUT2D eigenvalue weighted by Gasteiger charge is 2.98. The smallest absolute Gasteiger partial charge is 0.396 e. The van der Waals surface area contributed by atoms with E-state index in [-0.39, 0.29) is 0 Å². The van der Waals surface area contributed by atoms with Crippen LogP contribution in [0.4, 0.5) is 167 Å². The van der Waals surface area contributed by atoms with Crippen LogP contribution in [-0.4, -0.2) is 131 Å². The third kappa shape index (κ3) is 8.14. The van der Waals surface area contributed by atoms with Gasteiger partial charge in [0.05, 0.1) is 0 Å². The average molecular weight is 1030 g/mol. The molecule has 0 fully saturated rings. The summed E-state index contributed by atoms with van der Waals surface area (Å²) >= 11 is 0. The van der Waals surface area contributed by atoms with Crippen molar-refractivity contribution < 1.29 is 177 Å². The molecule has 2 N–H and O–H groups in total. The van der Waals surface area contributed by atoms with Gasteiger partial charge >= 0.3 is 107 Å². The Morgan fingerprint density at radius 1 is 0.177 bits per heavy atom. The van der Waals surface area contributed by atoms with Crippen molar-refractivity contribution in [3.8, 4) is 0 Å². The SMILES string of the molecule is OCCC(F)(F)C(F)(F)C(F)(F)C(F)(F)C(F)(F)C(F)(F)C(F)(F)C(F)(F)C(F)(F)C(F)(F)F.OCCC(F)(F)C(F)(F)C(F)(F)C(F)(F)C(F)(F)C(F)(F)C(F)(F)C(F)(F)F. The standard InChI is InChI=1S/C12H5F21O.C10H5F17O/c13-3(14,1-2-34)4(15,16)5(17,18)6(19,20)7(21,22)8(23,24)9(25,26)10(27,28)11(29,30)12(31,32)33;11-3(12,1-2-28)4(13,14)5(15,16)6(17,18)7(19,20)8(21,22)9(23,24)10(25,26)27/h34H,1-2H2;28H,1-2H2. The molecule has 0 rings (SSSR count). The van der Waals surface area contributed by atoms with E-state index < -0.39 is 133 Å². The maximum Gasteiger partial charge on any atom is 0.460 e. The molecule has 0 aromatic heterocycles. The molecule has 0 aliphatic heterocycles. The van der Waals surface area contributed by atoms with Gasteiger partial charge in [-0.1, -0.05) is 0 Å². The zero-order valence-corrected chi connectivity index (χ0v) is 27.1. The number of hydrogen-bond acceptors (Lipinski definition) is 2. The second-order valence-corrected chi connectivity index (χ2v) is 11.4. The summed E-state index contributed by atoms with van der Waals surface area (Å²) < 4.78 is 488. The Hall–Kier alpha value is -2.74. The van der Waals surface area contributed by atoms with Crippen LogP contribution in [0.25, 0.3) is 0 Å². The first-order valence-electron chi connectivity index (χ1n) is 13.5. The quantitative estimate of drug-likeness (QED) is 0.134. The summed E-state index contributed by atoms with van der Waals surface area (Å²) in [5.74, 6) is -133. The summed E-state index contributed by atoms with van der Waals surface area (Å²) in [6.07, 6.45) is -21.6. The van der Waals surface area contributed by atoms with Crippen LogP contribution in [0.3, 0.4) is 0 Å². The molecule has 0 atom stereocenters. The van der Waals surface area contributed by atoms with Crippen molar-refractivity contribution >= 4 is 0 Å². The predicted molar refractivity (Wildman–Crippen MR) is 115 cm³/mol. The molecule has 62 heavy (non-hydrogen) atoms. The number of hydrogen-bond donors (Lipinski definition) is 2. The fourth-order valence-corrected chi connectivity index (χ4v) is 3.38. The van der Waals surface area contributed by atoms with Gasteiger partial charge in [0.25, 0.3) is 0 Å². The lowest BCUT2D eigenvalue weighted by molar-refractivity contribution is -0.474. The normalized spacial score (nSPS) is 16.6. The van der Waals surface area contributed by atoms with Crippen LogP contribution in [0.15, 0.2) is 0 Å². The minimum Gasteiger partial charge on any atom is -0.396 e. The van der Waals surface area contributed by atoms with E-state index in [1.54, 1.807) is 0 Å². The topological polar surface area (TPSA) is 40.5 Å². The molecule has 0 saturated carbocycles. The predicted octanol–water partition coefficient (Wildman–Crippen LogP) is 12.0. The zero-order chi connectivity index (χ0) is 51.8. The molecule has 0 aliphatic carbocycles. The highest BCUT2D eigenvalue weighted by molar-refractivity contribution is 5.18. The fraction of sp³-hybridized carbons (Fsp3) is 1.00. The van der Waals surface area contributed by atoms with Gasteiger partial charge in [-0.3, -0.25) is 0 Å². The highest BCUT2D eigenvalue weighted by atomic mass is 19.4. The summed E-state index contributed by atoms with van der Waals surface area (Å²) in [4.78, 5) is 0. The second kappa shape index (κ2) is 16.0. The Balaban J connectivity index is 0. The van der Waals surface area contributed by atoms with E-state index >= 15 is 0 Å². The molecule has 40 heteroatoms. The molecule has 0 radical (unpaired) electrons. The van der Waals surface area contributed by atoms with Crippen LogP contribution in [0.5, 0.6) is 0 Å². The number of rotatable bonds is 18. The molecular formula is C22H10F38O2. The average Bonchev–Trinajstić information content (AvgIpc) is 3.02. The molecule has 376 valence electrons. The Bertz CT molecular complexity index is 1510. The minimum absolute atomic E-state index is 2.16. The van der Waals surface area contributed by atoms with E-state index in [2.05, 4.69) is 0 Å². The minimum atomic E-state index is -9.17. The van der Waals surface area contributed by atoms with Gasteiger partial charge in [0.15, 0.2) is 0 Å². The fourth-order valence-electron chi connectivity index (χ4n) is 3.38. The Kier molecular flexibility index (Phi) is 15.8. The number of aliphatic hydroxyl groups is 2. The molecule has 0 aliphatic rings. The third-order valence-corrected chi connectivity index (χ3v) is 7.21. The van der Waals surface area contributed by atoms with Crippen LogP contribution < -0.4 is 0 Å². The van der Waals surface area contributed by atoms with E-state index in [9.17, 15) is 167 Å². The number of aliphatic hydroxyl groups excluding tert-OH is 2. The molecule has 0 aromatic rings. The van der Waals surface area contributed by atoms with Crippen molar-refractivity contribution in [2.24, 2.45) is 0 Å². The van der Waals surface area contributed by atoms with Crippen molar-refractivity contribution in [2.45, 2.75) is 120 Å². The van der Waals surface area contributed by atoms with Crippen molar-refractivity contribution in [3.05, 3.63) is 0 Å². The Morgan fingerprint density at radius 2 is 0.290 bits per heavy atom. The maximum absolute atomic E-state index is 13.3. The van der Waals surface area contributed by atoms with Crippen LogP contribution in [0.2, 0.25) is 0 Å². The lowest BCUT2D eigenvalue weighted by atomic mass is 9.86. The lowest BCUT2D eigenvalue weighted by Gasteiger charge is -2.44. The Morgan fingerprint density at radius 3 is 0.403 bits per heavy atom. The molecule has 2 nitrogen and oxygen atoms in total. The molecule has 0 aromatic carbocycles. The highest BCUT2D eigenvalue weighted by Crippen LogP contribution is 2.67. The second-order valence-electron chi connectivity index (χ2n) is 11.4. The van der Waals surface area contributed by atoms with Gasteiger partial charge < -0.3 is 10.2 Å². The van der Waals surface area contributed by atoms with Crippen molar-refractivity contribution in [1.82, 2.24) is 0 Å². The van der Waals surface area contributed by atoms with E-state index in [1.165, 1.54) is 0 Å². The maximum atomic E-state index is 13.3. The largest absolute Gasteiger partial charge is 0.460 e. The Labute approximate surface area is 311 Å². The molecule has 0 unspecified atom stereocenters. The zero-order valence-electron chi connectivity index (χ0n) is 27.1. The van der Waals surface area contributed by atoms with E-state index in [0.717, 1.165) is 0 Å².